The first-order valence-electron chi connectivity index (χ1n) is 5.19. The molecule has 0 spiro atoms. The minimum atomic E-state index is -0.0788. The van der Waals surface area contributed by atoms with E-state index in [2.05, 4.69) is 0 Å². The number of morpholine rings is 1. The van der Waals surface area contributed by atoms with Crippen molar-refractivity contribution >= 4 is 17.4 Å². The van der Waals surface area contributed by atoms with E-state index in [0.717, 1.165) is 5.69 Å². The van der Waals surface area contributed by atoms with Gasteiger partial charge in [0.05, 0.1) is 6.61 Å². The second-order valence-corrected chi connectivity index (χ2v) is 3.63. The molecule has 1 heterocycles. The number of ether oxygens (including phenoxy) is 1. The predicted octanol–water partition coefficient (Wildman–Crippen LogP) is 0.354. The number of carbonyl (C=O) groups excluding carboxylic acids is 1. The highest BCUT2D eigenvalue weighted by atomic mass is 16.5. The molecule has 90 valence electrons. The molecule has 1 aliphatic heterocycles. The van der Waals surface area contributed by atoms with Crippen molar-refractivity contribution in [3.8, 4) is 0 Å². The maximum absolute atomic E-state index is 11.6. The van der Waals surface area contributed by atoms with E-state index in [0.29, 0.717) is 18.7 Å². The van der Waals surface area contributed by atoms with Gasteiger partial charge in [0.1, 0.15) is 12.4 Å². The number of nitrogens with zero attached hydrogens (tertiary/aromatic N) is 1. The molecule has 0 bridgehead atoms. The van der Waals surface area contributed by atoms with E-state index >= 15 is 0 Å². The van der Waals surface area contributed by atoms with E-state index in [1.165, 1.54) is 0 Å². The van der Waals surface area contributed by atoms with Gasteiger partial charge >= 0.3 is 0 Å². The number of hydrogen-bond acceptors (Lipinski definition) is 4. The number of hydroxylamine groups is 1. The van der Waals surface area contributed by atoms with Crippen molar-refractivity contribution in [2.24, 2.45) is 0 Å². The van der Waals surface area contributed by atoms with Gasteiger partial charge in [-0.25, -0.2) is 0 Å². The van der Waals surface area contributed by atoms with Crippen LogP contribution in [0.1, 0.15) is 5.56 Å². The van der Waals surface area contributed by atoms with Crippen molar-refractivity contribution in [2.45, 2.75) is 0 Å². The summed E-state index contributed by atoms with van der Waals surface area (Å²) in [5.74, 6) is -0.149. The van der Waals surface area contributed by atoms with Crippen LogP contribution >= 0.6 is 0 Å². The average molecular weight is 235 g/mol. The van der Waals surface area contributed by atoms with Crippen LogP contribution < -0.4 is 10.4 Å². The summed E-state index contributed by atoms with van der Waals surface area (Å²) in [6.45, 7) is 1.17. The monoisotopic (exact) mass is 235 g/mol. The zero-order valence-corrected chi connectivity index (χ0v) is 9.14. The predicted molar refractivity (Wildman–Crippen MR) is 61.4 cm³/mol. The molecule has 0 aliphatic carbocycles. The Bertz CT molecular complexity index is 430. The number of hydrogen-bond donors (Lipinski definition) is 3. The molecular formula is C11H13N3O3. The van der Waals surface area contributed by atoms with Gasteiger partial charge in [-0.15, -0.1) is 0 Å². The first kappa shape index (κ1) is 11.6. The van der Waals surface area contributed by atoms with E-state index < -0.39 is 0 Å². The Hall–Kier alpha value is -1.92. The van der Waals surface area contributed by atoms with E-state index in [9.17, 15) is 4.79 Å². The second kappa shape index (κ2) is 4.94. The van der Waals surface area contributed by atoms with Crippen molar-refractivity contribution < 1.29 is 14.7 Å². The summed E-state index contributed by atoms with van der Waals surface area (Å²) in [5, 5.41) is 16.0. The zero-order chi connectivity index (χ0) is 12.3. The topological polar surface area (TPSA) is 85.7 Å². The smallest absolute Gasteiger partial charge is 0.253 e. The first-order chi connectivity index (χ1) is 8.22. The van der Waals surface area contributed by atoms with Crippen LogP contribution in [0.4, 0.5) is 5.69 Å². The highest BCUT2D eigenvalue weighted by Crippen LogP contribution is 2.17. The highest BCUT2D eigenvalue weighted by Gasteiger charge is 2.19. The largest absolute Gasteiger partial charge is 0.370 e. The molecule has 6 nitrogen and oxygen atoms in total. The SMILES string of the molecule is N=C(NO)c1ccc(N2CCOCC2=O)cc1. The molecule has 0 atom stereocenters. The van der Waals surface area contributed by atoms with Crippen LogP contribution in [0, 0.1) is 5.41 Å². The molecule has 1 amide bonds. The van der Waals surface area contributed by atoms with Crippen LogP contribution in [-0.2, 0) is 9.53 Å². The molecule has 1 fully saturated rings. The van der Waals surface area contributed by atoms with Crippen molar-refractivity contribution in [1.82, 2.24) is 5.48 Å². The molecule has 2 rings (SSSR count). The Balaban J connectivity index is 2.17. The number of rotatable bonds is 2. The van der Waals surface area contributed by atoms with E-state index in [1.54, 1.807) is 34.6 Å². The molecule has 1 aromatic rings. The van der Waals surface area contributed by atoms with Gasteiger partial charge in [-0.1, -0.05) is 0 Å². The molecule has 0 radical (unpaired) electrons. The van der Waals surface area contributed by atoms with Gasteiger partial charge < -0.3 is 9.64 Å². The molecule has 17 heavy (non-hydrogen) atoms. The van der Waals surface area contributed by atoms with Crippen molar-refractivity contribution in [2.75, 3.05) is 24.7 Å². The lowest BCUT2D eigenvalue weighted by molar-refractivity contribution is -0.125. The van der Waals surface area contributed by atoms with Gasteiger partial charge in [-0.2, -0.15) is 0 Å². The number of benzene rings is 1. The van der Waals surface area contributed by atoms with Gasteiger partial charge in [0.15, 0.2) is 0 Å². The fourth-order valence-electron chi connectivity index (χ4n) is 1.66. The summed E-state index contributed by atoms with van der Waals surface area (Å²) in [7, 11) is 0. The number of amides is 1. The molecular weight excluding hydrogens is 222 g/mol. The standard InChI is InChI=1S/C11H13N3O3/c12-11(13-16)8-1-3-9(4-2-8)14-5-6-17-7-10(14)15/h1-4,16H,5-7H2,(H2,12,13). The minimum Gasteiger partial charge on any atom is -0.370 e. The number of anilines is 1. The Morgan fingerprint density at radius 1 is 1.41 bits per heavy atom. The van der Waals surface area contributed by atoms with Crippen molar-refractivity contribution in [3.05, 3.63) is 29.8 Å². The fourth-order valence-corrected chi connectivity index (χ4v) is 1.66. The Kier molecular flexibility index (Phi) is 3.36. The molecule has 0 unspecified atom stereocenters. The maximum Gasteiger partial charge on any atom is 0.253 e. The van der Waals surface area contributed by atoms with Gasteiger partial charge in [-0.05, 0) is 24.3 Å². The summed E-state index contributed by atoms with van der Waals surface area (Å²) in [6.07, 6.45) is 0. The zero-order valence-electron chi connectivity index (χ0n) is 9.14. The van der Waals surface area contributed by atoms with Gasteiger partial charge in [0.2, 0.25) is 0 Å². The molecule has 3 N–H and O–H groups in total. The quantitative estimate of drug-likeness (QED) is 0.392. The van der Waals surface area contributed by atoms with Gasteiger partial charge in [0.25, 0.3) is 5.91 Å². The van der Waals surface area contributed by atoms with E-state index in [1.807, 2.05) is 0 Å². The molecule has 6 heteroatoms. The second-order valence-electron chi connectivity index (χ2n) is 3.63. The van der Waals surface area contributed by atoms with E-state index in [-0.39, 0.29) is 18.3 Å². The average Bonchev–Trinajstić information content (AvgIpc) is 2.39. The number of amidine groups is 1. The van der Waals surface area contributed by atoms with Crippen LogP contribution in [0.3, 0.4) is 0 Å². The molecule has 0 aromatic heterocycles. The molecule has 0 saturated carbocycles. The lowest BCUT2D eigenvalue weighted by atomic mass is 10.1. The molecule has 1 saturated heterocycles. The lowest BCUT2D eigenvalue weighted by Crippen LogP contribution is -2.41. The summed E-state index contributed by atoms with van der Waals surface area (Å²) in [5.41, 5.74) is 3.10. The summed E-state index contributed by atoms with van der Waals surface area (Å²) >= 11 is 0. The number of carbonyl (C=O) groups is 1. The third-order valence-electron chi connectivity index (χ3n) is 2.57. The van der Waals surface area contributed by atoms with Crippen LogP contribution in [0.5, 0.6) is 0 Å². The van der Waals surface area contributed by atoms with Crippen LogP contribution in [0.2, 0.25) is 0 Å². The Morgan fingerprint density at radius 2 is 2.12 bits per heavy atom. The van der Waals surface area contributed by atoms with Gasteiger partial charge in [0, 0.05) is 17.8 Å². The number of nitrogens with one attached hydrogen (secondary N) is 2. The van der Waals surface area contributed by atoms with Crippen molar-refractivity contribution in [1.29, 1.82) is 5.41 Å². The third kappa shape index (κ3) is 2.43. The highest BCUT2D eigenvalue weighted by molar-refractivity contribution is 5.97. The summed E-state index contributed by atoms with van der Waals surface area (Å²) in [4.78, 5) is 13.2. The third-order valence-corrected chi connectivity index (χ3v) is 2.57. The van der Waals surface area contributed by atoms with Crippen LogP contribution in [0.15, 0.2) is 24.3 Å². The Labute approximate surface area is 98.3 Å². The normalized spacial score (nSPS) is 15.8. The van der Waals surface area contributed by atoms with Gasteiger partial charge in [-0.3, -0.25) is 20.9 Å². The fraction of sp³-hybridized carbons (Fsp3) is 0.273. The van der Waals surface area contributed by atoms with E-state index in [4.69, 9.17) is 15.4 Å². The minimum absolute atomic E-state index is 0.0700. The Morgan fingerprint density at radius 3 is 2.71 bits per heavy atom. The molecule has 1 aliphatic rings. The maximum atomic E-state index is 11.6. The first-order valence-corrected chi connectivity index (χ1v) is 5.19. The summed E-state index contributed by atoms with van der Waals surface area (Å²) < 4.78 is 5.04. The van der Waals surface area contributed by atoms with Crippen LogP contribution in [0.25, 0.3) is 0 Å². The van der Waals surface area contributed by atoms with Crippen LogP contribution in [-0.4, -0.2) is 36.7 Å². The lowest BCUT2D eigenvalue weighted by Gasteiger charge is -2.26. The molecule has 1 aromatic carbocycles. The summed E-state index contributed by atoms with van der Waals surface area (Å²) in [6, 6.07) is 6.82. The van der Waals surface area contributed by atoms with Crippen molar-refractivity contribution in [3.63, 3.8) is 0 Å².